The fourth-order valence-corrected chi connectivity index (χ4v) is 4.31. The minimum atomic E-state index is -4.51. The van der Waals surface area contributed by atoms with Gasteiger partial charge in [-0.15, -0.1) is 0 Å². The molecule has 0 aliphatic carbocycles. The van der Waals surface area contributed by atoms with Crippen molar-refractivity contribution in [2.75, 3.05) is 6.26 Å². The van der Waals surface area contributed by atoms with Gasteiger partial charge in [-0.3, -0.25) is 4.40 Å². The molecule has 172 valence electrons. The molecule has 0 spiro atoms. The van der Waals surface area contributed by atoms with Crippen LogP contribution in [0.4, 0.5) is 13.2 Å². The minimum absolute atomic E-state index is 0.129. The second-order valence-corrected chi connectivity index (χ2v) is 9.63. The number of sulfone groups is 1. The highest BCUT2D eigenvalue weighted by atomic mass is 32.2. The number of benzene rings is 2. The third-order valence-corrected chi connectivity index (χ3v) is 6.31. The number of hydrogen-bond acceptors (Lipinski definition) is 4. The molecule has 0 fully saturated rings. The van der Waals surface area contributed by atoms with Gasteiger partial charge < -0.3 is 4.74 Å². The smallest absolute Gasteiger partial charge is 0.419 e. The normalized spacial score (nSPS) is 12.3. The number of rotatable bonds is 6. The van der Waals surface area contributed by atoms with E-state index in [1.807, 2.05) is 25.1 Å². The van der Waals surface area contributed by atoms with Gasteiger partial charge in [0.05, 0.1) is 21.8 Å². The van der Waals surface area contributed by atoms with E-state index in [0.717, 1.165) is 17.9 Å². The van der Waals surface area contributed by atoms with Gasteiger partial charge in [-0.1, -0.05) is 31.2 Å². The lowest BCUT2D eigenvalue weighted by atomic mass is 10.1. The van der Waals surface area contributed by atoms with Crippen molar-refractivity contribution in [3.05, 3.63) is 83.7 Å². The van der Waals surface area contributed by atoms with Crippen molar-refractivity contribution < 1.29 is 26.3 Å². The summed E-state index contributed by atoms with van der Waals surface area (Å²) in [6.07, 6.45) is -1.34. The summed E-state index contributed by atoms with van der Waals surface area (Å²) >= 11 is 0. The van der Waals surface area contributed by atoms with Crippen LogP contribution in [0.2, 0.25) is 0 Å². The van der Waals surface area contributed by atoms with E-state index < -0.39 is 21.6 Å². The fraction of sp³-hybridized carbons (Fsp3) is 0.208. The summed E-state index contributed by atoms with van der Waals surface area (Å²) in [5, 5.41) is 0. The molecule has 2 aromatic heterocycles. The highest BCUT2D eigenvalue weighted by Gasteiger charge is 2.34. The highest BCUT2D eigenvalue weighted by molar-refractivity contribution is 7.90. The van der Waals surface area contributed by atoms with Crippen LogP contribution < -0.4 is 4.74 Å². The van der Waals surface area contributed by atoms with E-state index in [1.165, 1.54) is 22.6 Å². The summed E-state index contributed by atoms with van der Waals surface area (Å²) in [6, 6.07) is 15.9. The molecule has 0 saturated heterocycles. The van der Waals surface area contributed by atoms with Gasteiger partial charge >= 0.3 is 6.18 Å². The first-order valence-corrected chi connectivity index (χ1v) is 12.1. The molecule has 0 aliphatic heterocycles. The maximum Gasteiger partial charge on any atom is 0.419 e. The number of fused-ring (bicyclic) bond motifs is 1. The van der Waals surface area contributed by atoms with Crippen LogP contribution in [0.1, 0.15) is 23.7 Å². The van der Waals surface area contributed by atoms with Gasteiger partial charge in [-0.2, -0.15) is 13.2 Å². The van der Waals surface area contributed by atoms with Crippen molar-refractivity contribution in [3.63, 3.8) is 0 Å². The van der Waals surface area contributed by atoms with Crippen molar-refractivity contribution in [1.82, 2.24) is 9.38 Å². The van der Waals surface area contributed by atoms with Gasteiger partial charge in [0, 0.05) is 18.0 Å². The van der Waals surface area contributed by atoms with Crippen LogP contribution >= 0.6 is 0 Å². The Hall–Kier alpha value is -3.33. The van der Waals surface area contributed by atoms with E-state index in [2.05, 4.69) is 4.98 Å². The number of ether oxygens (including phenoxy) is 1. The van der Waals surface area contributed by atoms with Gasteiger partial charge in [0.2, 0.25) is 0 Å². The number of hydrogen-bond donors (Lipinski definition) is 0. The Labute approximate surface area is 189 Å². The second-order valence-electron chi connectivity index (χ2n) is 7.61. The minimum Gasteiger partial charge on any atom is -0.489 e. The first kappa shape index (κ1) is 22.8. The molecule has 33 heavy (non-hydrogen) atoms. The van der Waals surface area contributed by atoms with Crippen LogP contribution in [-0.4, -0.2) is 24.1 Å². The van der Waals surface area contributed by atoms with E-state index >= 15 is 0 Å². The van der Waals surface area contributed by atoms with Crippen molar-refractivity contribution in [3.8, 4) is 17.0 Å². The molecule has 0 atom stereocenters. The third kappa shape index (κ3) is 4.73. The monoisotopic (exact) mass is 474 g/mol. The van der Waals surface area contributed by atoms with Crippen LogP contribution in [0, 0.1) is 0 Å². The van der Waals surface area contributed by atoms with Gasteiger partial charge in [0.15, 0.2) is 9.84 Å². The van der Waals surface area contributed by atoms with E-state index in [0.29, 0.717) is 29.1 Å². The number of aromatic nitrogens is 2. The molecule has 0 radical (unpaired) electrons. The SMILES string of the molecule is CCc1nc2c(C(F)(F)F)cccn2c1-c1cccc(COc2cccc(S(C)(=O)=O)c2)c1. The predicted molar refractivity (Wildman–Crippen MR) is 119 cm³/mol. The van der Waals surface area contributed by atoms with E-state index in [4.69, 9.17) is 4.74 Å². The largest absolute Gasteiger partial charge is 0.489 e. The molecule has 4 aromatic rings. The molecule has 0 bridgehead atoms. The second kappa shape index (κ2) is 8.55. The molecular weight excluding hydrogens is 453 g/mol. The Morgan fingerprint density at radius 1 is 1.03 bits per heavy atom. The molecule has 5 nitrogen and oxygen atoms in total. The molecule has 0 aliphatic rings. The first-order chi connectivity index (χ1) is 15.6. The van der Waals surface area contributed by atoms with Gasteiger partial charge in [-0.25, -0.2) is 13.4 Å². The zero-order chi connectivity index (χ0) is 23.8. The van der Waals surface area contributed by atoms with Crippen LogP contribution in [0.3, 0.4) is 0 Å². The number of pyridine rings is 1. The lowest BCUT2D eigenvalue weighted by Gasteiger charge is -2.11. The third-order valence-electron chi connectivity index (χ3n) is 5.20. The topological polar surface area (TPSA) is 60.7 Å². The summed E-state index contributed by atoms with van der Waals surface area (Å²) in [7, 11) is -3.36. The van der Waals surface area contributed by atoms with Crippen molar-refractivity contribution in [2.45, 2.75) is 31.0 Å². The Bertz CT molecular complexity index is 1430. The van der Waals surface area contributed by atoms with E-state index in [1.54, 1.807) is 24.4 Å². The summed E-state index contributed by atoms with van der Waals surface area (Å²) in [5.74, 6) is 0.405. The number of halogens is 3. The summed E-state index contributed by atoms with van der Waals surface area (Å²) in [4.78, 5) is 4.44. The number of aryl methyl sites for hydroxylation is 1. The molecule has 2 heterocycles. The Morgan fingerprint density at radius 3 is 2.48 bits per heavy atom. The van der Waals surface area contributed by atoms with Crippen molar-refractivity contribution >= 4 is 15.5 Å². The molecule has 4 rings (SSSR count). The molecule has 0 unspecified atom stereocenters. The Kier molecular flexibility index (Phi) is 5.92. The summed E-state index contributed by atoms with van der Waals surface area (Å²) in [6.45, 7) is 2.01. The molecule has 9 heteroatoms. The van der Waals surface area contributed by atoms with Crippen LogP contribution in [-0.2, 0) is 29.0 Å². The molecule has 0 saturated carbocycles. The van der Waals surface area contributed by atoms with Gasteiger partial charge in [-0.05, 0) is 48.4 Å². The van der Waals surface area contributed by atoms with Gasteiger partial charge in [0.25, 0.3) is 0 Å². The zero-order valence-electron chi connectivity index (χ0n) is 17.9. The van der Waals surface area contributed by atoms with E-state index in [9.17, 15) is 21.6 Å². The summed E-state index contributed by atoms with van der Waals surface area (Å²) in [5.41, 5.74) is 1.74. The molecule has 2 aromatic carbocycles. The number of alkyl halides is 3. The van der Waals surface area contributed by atoms with Crippen LogP contribution in [0.5, 0.6) is 5.75 Å². The predicted octanol–water partition coefficient (Wildman–Crippen LogP) is 5.57. The maximum atomic E-state index is 13.5. The maximum absolute atomic E-state index is 13.5. The average molecular weight is 475 g/mol. The fourth-order valence-electron chi connectivity index (χ4n) is 3.66. The molecule has 0 amide bonds. The van der Waals surface area contributed by atoms with Crippen molar-refractivity contribution in [2.24, 2.45) is 0 Å². The van der Waals surface area contributed by atoms with Crippen LogP contribution in [0.25, 0.3) is 16.9 Å². The summed E-state index contributed by atoms with van der Waals surface area (Å²) < 4.78 is 71.2. The Balaban J connectivity index is 1.69. The first-order valence-electron chi connectivity index (χ1n) is 10.2. The zero-order valence-corrected chi connectivity index (χ0v) is 18.7. The molecular formula is C24H21F3N2O3S. The lowest BCUT2D eigenvalue weighted by Crippen LogP contribution is -2.07. The molecule has 0 N–H and O–H groups in total. The average Bonchev–Trinajstić information content (AvgIpc) is 3.15. The van der Waals surface area contributed by atoms with Gasteiger partial charge in [0.1, 0.15) is 18.0 Å². The number of imidazole rings is 1. The van der Waals surface area contributed by atoms with Crippen molar-refractivity contribution in [1.29, 1.82) is 0 Å². The Morgan fingerprint density at radius 2 is 1.79 bits per heavy atom. The quantitative estimate of drug-likeness (QED) is 0.367. The standard InChI is InChI=1S/C24H21F3N2O3S/c1-3-21-22(29-12-6-11-20(23(29)28-21)24(25,26)27)17-8-4-7-16(13-17)15-32-18-9-5-10-19(14-18)33(2,30)31/h4-14H,3,15H2,1-2H3. The van der Waals surface area contributed by atoms with Crippen LogP contribution in [0.15, 0.2) is 71.8 Å². The van der Waals surface area contributed by atoms with E-state index in [-0.39, 0.29) is 17.1 Å². The number of nitrogens with zero attached hydrogens (tertiary/aromatic N) is 2. The highest BCUT2D eigenvalue weighted by Crippen LogP contribution is 2.35. The lowest BCUT2D eigenvalue weighted by molar-refractivity contribution is -0.136.